The lowest BCUT2D eigenvalue weighted by atomic mass is 10.1. The van der Waals surface area contributed by atoms with Crippen molar-refractivity contribution in [2.45, 2.75) is 33.2 Å². The molecule has 1 aromatic heterocycles. The Morgan fingerprint density at radius 3 is 2.48 bits per heavy atom. The molecule has 0 aliphatic rings. The Balaban J connectivity index is 1.84. The van der Waals surface area contributed by atoms with Gasteiger partial charge in [-0.2, -0.15) is 0 Å². The third-order valence-corrected chi connectivity index (χ3v) is 4.08. The topological polar surface area (TPSA) is 31.9 Å². The summed E-state index contributed by atoms with van der Waals surface area (Å²) < 4.78 is 0. The predicted molar refractivity (Wildman–Crippen MR) is 97.4 cm³/mol. The van der Waals surface area contributed by atoms with Gasteiger partial charge in [-0.15, -0.1) is 0 Å². The van der Waals surface area contributed by atoms with Crippen LogP contribution in [0.1, 0.15) is 32.3 Å². The number of nitrogens with one attached hydrogen (secondary N) is 1. The number of benzene rings is 2. The van der Waals surface area contributed by atoms with Crippen LogP contribution >= 0.6 is 0 Å². The Hall–Kier alpha value is -2.13. The summed E-state index contributed by atoms with van der Waals surface area (Å²) in [6.45, 7) is 7.81. The molecule has 0 bridgehead atoms. The van der Waals surface area contributed by atoms with Crippen LogP contribution in [0.3, 0.4) is 0 Å². The molecule has 0 unspecified atom stereocenters. The first-order valence-electron chi connectivity index (χ1n) is 8.56. The molecular weight excluding hydrogens is 282 g/mol. The summed E-state index contributed by atoms with van der Waals surface area (Å²) in [5.41, 5.74) is 4.62. The summed E-state index contributed by atoms with van der Waals surface area (Å²) >= 11 is 0. The summed E-state index contributed by atoms with van der Waals surface area (Å²) in [7, 11) is 0. The lowest BCUT2D eigenvalue weighted by Crippen LogP contribution is -2.24. The molecule has 0 saturated heterocycles. The van der Waals surface area contributed by atoms with E-state index in [1.54, 1.807) is 0 Å². The molecule has 1 heterocycles. The van der Waals surface area contributed by atoms with Crippen molar-refractivity contribution < 1.29 is 0 Å². The molecule has 23 heavy (non-hydrogen) atoms. The van der Waals surface area contributed by atoms with Gasteiger partial charge in [-0.3, -0.25) is 4.90 Å². The van der Waals surface area contributed by atoms with Gasteiger partial charge in [-0.25, -0.2) is 4.98 Å². The van der Waals surface area contributed by atoms with Gasteiger partial charge >= 0.3 is 0 Å². The maximum absolute atomic E-state index is 4.71. The van der Waals surface area contributed by atoms with Gasteiger partial charge in [0.2, 0.25) is 0 Å². The highest BCUT2D eigenvalue weighted by Gasteiger charge is 2.08. The third-order valence-electron chi connectivity index (χ3n) is 4.08. The number of rotatable bonds is 7. The molecule has 2 aromatic carbocycles. The van der Waals surface area contributed by atoms with E-state index in [2.05, 4.69) is 54.1 Å². The third kappa shape index (κ3) is 3.80. The number of H-pyrrole nitrogens is 1. The zero-order chi connectivity index (χ0) is 16.1. The first-order chi connectivity index (χ1) is 11.3. The number of nitrogens with zero attached hydrogens (tertiary/aromatic N) is 2. The number of aromatic nitrogens is 2. The molecule has 120 valence electrons. The van der Waals surface area contributed by atoms with E-state index in [9.17, 15) is 0 Å². The van der Waals surface area contributed by atoms with Gasteiger partial charge in [0.05, 0.1) is 11.0 Å². The van der Waals surface area contributed by atoms with Crippen LogP contribution in [-0.4, -0.2) is 28.0 Å². The fourth-order valence-electron chi connectivity index (χ4n) is 3.07. The molecule has 3 rings (SSSR count). The summed E-state index contributed by atoms with van der Waals surface area (Å²) in [6.07, 6.45) is 2.40. The summed E-state index contributed by atoms with van der Waals surface area (Å²) in [4.78, 5) is 10.7. The molecule has 3 heteroatoms. The second-order valence-corrected chi connectivity index (χ2v) is 6.08. The van der Waals surface area contributed by atoms with Crippen molar-refractivity contribution in [3.05, 3.63) is 54.1 Å². The zero-order valence-corrected chi connectivity index (χ0v) is 14.0. The van der Waals surface area contributed by atoms with E-state index in [4.69, 9.17) is 4.98 Å². The Morgan fingerprint density at radius 1 is 0.957 bits per heavy atom. The minimum atomic E-state index is 0.950. The number of imidazole rings is 1. The van der Waals surface area contributed by atoms with Gasteiger partial charge in [-0.05, 0) is 49.7 Å². The van der Waals surface area contributed by atoms with Crippen LogP contribution in [0, 0.1) is 0 Å². The zero-order valence-electron chi connectivity index (χ0n) is 14.0. The highest BCUT2D eigenvalue weighted by molar-refractivity contribution is 5.79. The number of fused-ring (bicyclic) bond motifs is 1. The SMILES string of the molecule is CCCN(CCC)Cc1cccc(-c2nc3ccccc3[nH]2)c1. The molecular formula is C20H25N3. The molecule has 0 fully saturated rings. The maximum Gasteiger partial charge on any atom is 0.138 e. The molecule has 3 aromatic rings. The van der Waals surface area contributed by atoms with Crippen LogP contribution in [0.25, 0.3) is 22.4 Å². The Bertz CT molecular complexity index is 721. The van der Waals surface area contributed by atoms with Crippen molar-refractivity contribution in [1.82, 2.24) is 14.9 Å². The van der Waals surface area contributed by atoms with Crippen molar-refractivity contribution in [3.8, 4) is 11.4 Å². The molecule has 0 saturated carbocycles. The summed E-state index contributed by atoms with van der Waals surface area (Å²) in [6, 6.07) is 16.9. The van der Waals surface area contributed by atoms with Gasteiger partial charge in [0.15, 0.2) is 0 Å². The minimum Gasteiger partial charge on any atom is -0.338 e. The van der Waals surface area contributed by atoms with Crippen molar-refractivity contribution in [3.63, 3.8) is 0 Å². The van der Waals surface area contributed by atoms with E-state index in [1.165, 1.54) is 18.4 Å². The molecule has 0 radical (unpaired) electrons. The molecule has 1 N–H and O–H groups in total. The van der Waals surface area contributed by atoms with Crippen LogP contribution < -0.4 is 0 Å². The number of hydrogen-bond acceptors (Lipinski definition) is 2. The van der Waals surface area contributed by atoms with Crippen LogP contribution in [0.15, 0.2) is 48.5 Å². The van der Waals surface area contributed by atoms with E-state index < -0.39 is 0 Å². The van der Waals surface area contributed by atoms with E-state index in [1.807, 2.05) is 18.2 Å². The smallest absolute Gasteiger partial charge is 0.138 e. The first-order valence-corrected chi connectivity index (χ1v) is 8.56. The Labute approximate surface area is 138 Å². The van der Waals surface area contributed by atoms with Crippen LogP contribution in [0.5, 0.6) is 0 Å². The monoisotopic (exact) mass is 307 g/mol. The van der Waals surface area contributed by atoms with E-state index >= 15 is 0 Å². The highest BCUT2D eigenvalue weighted by atomic mass is 15.1. The number of hydrogen-bond donors (Lipinski definition) is 1. The van der Waals surface area contributed by atoms with Crippen molar-refractivity contribution in [2.75, 3.05) is 13.1 Å². The molecule has 0 atom stereocenters. The van der Waals surface area contributed by atoms with Crippen molar-refractivity contribution in [1.29, 1.82) is 0 Å². The fourth-order valence-corrected chi connectivity index (χ4v) is 3.07. The van der Waals surface area contributed by atoms with E-state index in [0.717, 1.165) is 42.1 Å². The minimum absolute atomic E-state index is 0.950. The molecule has 0 amide bonds. The fraction of sp³-hybridized carbons (Fsp3) is 0.350. The van der Waals surface area contributed by atoms with Crippen LogP contribution in [-0.2, 0) is 6.54 Å². The second-order valence-electron chi connectivity index (χ2n) is 6.08. The second kappa shape index (κ2) is 7.42. The van der Waals surface area contributed by atoms with Gasteiger partial charge < -0.3 is 4.98 Å². The van der Waals surface area contributed by atoms with Gasteiger partial charge in [-0.1, -0.05) is 44.2 Å². The average molecular weight is 307 g/mol. The molecule has 3 nitrogen and oxygen atoms in total. The molecule has 0 spiro atoms. The van der Waals surface area contributed by atoms with Crippen molar-refractivity contribution >= 4 is 11.0 Å². The van der Waals surface area contributed by atoms with Gasteiger partial charge in [0, 0.05) is 12.1 Å². The maximum atomic E-state index is 4.71. The Kier molecular flexibility index (Phi) is 5.09. The van der Waals surface area contributed by atoms with Crippen LogP contribution in [0.2, 0.25) is 0 Å². The average Bonchev–Trinajstić information content (AvgIpc) is 3.00. The summed E-state index contributed by atoms with van der Waals surface area (Å²) in [5.74, 6) is 0.950. The van der Waals surface area contributed by atoms with E-state index in [-0.39, 0.29) is 0 Å². The standard InChI is InChI=1S/C20H25N3/c1-3-12-23(13-4-2)15-16-8-7-9-17(14-16)20-21-18-10-5-6-11-19(18)22-20/h5-11,14H,3-4,12-13,15H2,1-2H3,(H,21,22). The highest BCUT2D eigenvalue weighted by Crippen LogP contribution is 2.21. The lowest BCUT2D eigenvalue weighted by molar-refractivity contribution is 0.266. The van der Waals surface area contributed by atoms with Crippen LogP contribution in [0.4, 0.5) is 0 Å². The number of aromatic amines is 1. The number of para-hydroxylation sites is 2. The Morgan fingerprint density at radius 2 is 1.74 bits per heavy atom. The van der Waals surface area contributed by atoms with Gasteiger partial charge in [0.1, 0.15) is 5.82 Å². The quantitative estimate of drug-likeness (QED) is 0.676. The molecule has 0 aliphatic heterocycles. The summed E-state index contributed by atoms with van der Waals surface area (Å²) in [5, 5.41) is 0. The predicted octanol–water partition coefficient (Wildman–Crippen LogP) is 4.85. The largest absolute Gasteiger partial charge is 0.338 e. The van der Waals surface area contributed by atoms with Gasteiger partial charge in [0.25, 0.3) is 0 Å². The van der Waals surface area contributed by atoms with Crippen molar-refractivity contribution in [2.24, 2.45) is 0 Å². The lowest BCUT2D eigenvalue weighted by Gasteiger charge is -2.21. The molecule has 0 aliphatic carbocycles. The normalized spacial score (nSPS) is 11.4. The van der Waals surface area contributed by atoms with E-state index in [0.29, 0.717) is 0 Å². The first kappa shape index (κ1) is 15.8.